The number of hydrogen-bond acceptors (Lipinski definition) is 7. The number of carbonyl (C=O) groups is 3. The van der Waals surface area contributed by atoms with Gasteiger partial charge in [-0.1, -0.05) is 142 Å². The Morgan fingerprint density at radius 1 is 0.574 bits per heavy atom. The molecule has 0 spiro atoms. The van der Waals surface area contributed by atoms with Gasteiger partial charge in [0.1, 0.15) is 12.6 Å². The molecule has 300 valence electrons. The molecule has 2 unspecified atom stereocenters. The molecule has 0 aromatic carbocycles. The van der Waals surface area contributed by atoms with E-state index >= 15 is 0 Å². The third-order valence-electron chi connectivity index (χ3n) is 7.79. The summed E-state index contributed by atoms with van der Waals surface area (Å²) in [6, 6.07) is -0.749. The van der Waals surface area contributed by atoms with Crippen LogP contribution in [0.25, 0.3) is 0 Å². The van der Waals surface area contributed by atoms with E-state index in [-0.39, 0.29) is 49.5 Å². The number of hydrogen-bond donors (Lipinski definition) is 0. The van der Waals surface area contributed by atoms with Gasteiger partial charge in [0.05, 0.1) is 40.3 Å². The predicted molar refractivity (Wildman–Crippen MR) is 221 cm³/mol. The molecule has 0 fully saturated rings. The SMILES string of the molecule is CC/C=C/C=C/C=C/C=C/C=C/C=C/C=C/CCCCCC(=O)OCC(COCCC(C(=O)[O-])[N+](C)(C)C)OC(=O)CCC/C=C/C/C=C/C/C=C/CC. The molecule has 0 aliphatic heterocycles. The summed E-state index contributed by atoms with van der Waals surface area (Å²) in [5.41, 5.74) is 0. The van der Waals surface area contributed by atoms with Crippen molar-refractivity contribution in [1.29, 1.82) is 0 Å². The van der Waals surface area contributed by atoms with Crippen molar-refractivity contribution >= 4 is 17.9 Å². The first kappa shape index (κ1) is 49.7. The molecular formula is C46H69NO7. The molecule has 0 bridgehead atoms. The smallest absolute Gasteiger partial charge is 0.306 e. The van der Waals surface area contributed by atoms with Crippen molar-refractivity contribution in [1.82, 2.24) is 0 Å². The third-order valence-corrected chi connectivity index (χ3v) is 7.79. The van der Waals surface area contributed by atoms with Crippen molar-refractivity contribution in [2.45, 2.75) is 109 Å². The molecule has 0 saturated heterocycles. The van der Waals surface area contributed by atoms with Crippen molar-refractivity contribution in [3.05, 3.63) is 122 Å². The number of nitrogens with zero attached hydrogens (tertiary/aromatic N) is 1. The number of carboxylic acid groups (broad SMARTS) is 1. The standard InChI is InChI=1S/C46H69NO7/c1-6-8-10-12-14-16-18-19-20-21-22-23-24-25-27-28-30-32-34-36-44(48)53-41-42(40-52-39-38-43(46(50)51)47(3,4)5)54-45(49)37-35-33-31-29-26-17-15-13-11-9-7-2/h8-12,14-25,27,29,31,42-43H,6-7,13,26,28,30,32-41H2,1-5H3/b10-8+,11-9+,14-12+,17-15+,18-16+,20-19+,22-21+,24-23+,27-25+,31-29+. The number of aliphatic carboxylic acids is 1. The Labute approximate surface area is 327 Å². The van der Waals surface area contributed by atoms with Gasteiger partial charge in [0.15, 0.2) is 6.10 Å². The molecule has 0 radical (unpaired) electrons. The van der Waals surface area contributed by atoms with Gasteiger partial charge in [-0.25, -0.2) is 0 Å². The highest BCUT2D eigenvalue weighted by Gasteiger charge is 2.25. The Bertz CT molecular complexity index is 1290. The van der Waals surface area contributed by atoms with Crippen LogP contribution >= 0.6 is 0 Å². The van der Waals surface area contributed by atoms with Gasteiger partial charge in [-0.3, -0.25) is 9.59 Å². The van der Waals surface area contributed by atoms with Crippen LogP contribution in [0.4, 0.5) is 0 Å². The lowest BCUT2D eigenvalue weighted by Crippen LogP contribution is -2.55. The van der Waals surface area contributed by atoms with Crippen LogP contribution in [0.15, 0.2) is 122 Å². The zero-order valence-corrected chi connectivity index (χ0v) is 33.8. The summed E-state index contributed by atoms with van der Waals surface area (Å²) in [4.78, 5) is 36.7. The van der Waals surface area contributed by atoms with Gasteiger partial charge in [-0.05, 0) is 57.8 Å². The average molecular weight is 748 g/mol. The minimum atomic E-state index is -1.15. The van der Waals surface area contributed by atoms with E-state index in [0.29, 0.717) is 12.8 Å². The second-order valence-electron chi connectivity index (χ2n) is 13.6. The van der Waals surface area contributed by atoms with Crippen molar-refractivity contribution in [3.8, 4) is 0 Å². The van der Waals surface area contributed by atoms with Crippen molar-refractivity contribution in [3.63, 3.8) is 0 Å². The Morgan fingerprint density at radius 2 is 1.09 bits per heavy atom. The summed E-state index contributed by atoms with van der Waals surface area (Å²) in [6.07, 6.45) is 49.5. The summed E-state index contributed by atoms with van der Waals surface area (Å²) >= 11 is 0. The van der Waals surface area contributed by atoms with E-state index in [4.69, 9.17) is 14.2 Å². The van der Waals surface area contributed by atoms with Gasteiger partial charge in [0, 0.05) is 19.3 Å². The van der Waals surface area contributed by atoms with Crippen LogP contribution in [0.3, 0.4) is 0 Å². The number of unbranched alkanes of at least 4 members (excludes halogenated alkanes) is 4. The molecule has 0 aliphatic rings. The minimum Gasteiger partial charge on any atom is -0.544 e. The van der Waals surface area contributed by atoms with E-state index in [1.54, 1.807) is 21.1 Å². The molecule has 0 N–H and O–H groups in total. The Morgan fingerprint density at radius 3 is 1.67 bits per heavy atom. The summed E-state index contributed by atoms with van der Waals surface area (Å²) < 4.78 is 17.0. The highest BCUT2D eigenvalue weighted by atomic mass is 16.6. The lowest BCUT2D eigenvalue weighted by Gasteiger charge is -2.34. The first-order chi connectivity index (χ1) is 26.1. The van der Waals surface area contributed by atoms with E-state index < -0.39 is 24.1 Å². The molecule has 0 saturated carbocycles. The van der Waals surface area contributed by atoms with Crippen LogP contribution in [-0.4, -0.2) is 75.5 Å². The second-order valence-corrected chi connectivity index (χ2v) is 13.6. The van der Waals surface area contributed by atoms with Gasteiger partial charge in [-0.2, -0.15) is 0 Å². The first-order valence-corrected chi connectivity index (χ1v) is 19.7. The van der Waals surface area contributed by atoms with Crippen molar-refractivity contribution < 1.29 is 38.2 Å². The van der Waals surface area contributed by atoms with E-state index in [1.165, 1.54) is 0 Å². The molecule has 0 heterocycles. The normalized spacial score (nSPS) is 14.3. The monoisotopic (exact) mass is 748 g/mol. The molecule has 8 heteroatoms. The van der Waals surface area contributed by atoms with Gasteiger partial charge in [-0.15, -0.1) is 0 Å². The fraction of sp³-hybridized carbons (Fsp3) is 0.500. The summed E-state index contributed by atoms with van der Waals surface area (Å²) in [5, 5.41) is 11.6. The van der Waals surface area contributed by atoms with Gasteiger partial charge >= 0.3 is 11.9 Å². The molecular weight excluding hydrogens is 679 g/mol. The maximum Gasteiger partial charge on any atom is 0.306 e. The Hall–Kier alpha value is -4.27. The molecule has 54 heavy (non-hydrogen) atoms. The molecule has 0 rings (SSSR count). The lowest BCUT2D eigenvalue weighted by atomic mass is 10.1. The number of likely N-dealkylation sites (N-methyl/N-ethyl adjacent to an activating group) is 1. The van der Waals surface area contributed by atoms with Crippen molar-refractivity contribution in [2.75, 3.05) is 41.0 Å². The van der Waals surface area contributed by atoms with Crippen molar-refractivity contribution in [2.24, 2.45) is 0 Å². The number of carbonyl (C=O) groups excluding carboxylic acids is 3. The quantitative estimate of drug-likeness (QED) is 0.0223. The Kier molecular flexibility index (Phi) is 32.9. The number of allylic oxidation sites excluding steroid dienone is 20. The number of carboxylic acids is 1. The number of esters is 2. The lowest BCUT2D eigenvalue weighted by molar-refractivity contribution is -0.889. The molecule has 0 aliphatic carbocycles. The fourth-order valence-corrected chi connectivity index (χ4v) is 4.78. The largest absolute Gasteiger partial charge is 0.544 e. The maximum absolute atomic E-state index is 12.6. The minimum absolute atomic E-state index is 0.00449. The highest BCUT2D eigenvalue weighted by molar-refractivity contribution is 5.70. The predicted octanol–water partition coefficient (Wildman–Crippen LogP) is 8.96. The number of ether oxygens (including phenoxy) is 3. The molecule has 0 amide bonds. The van der Waals surface area contributed by atoms with E-state index in [9.17, 15) is 19.5 Å². The van der Waals surface area contributed by atoms with E-state index in [2.05, 4.69) is 62.5 Å². The first-order valence-electron chi connectivity index (χ1n) is 19.7. The van der Waals surface area contributed by atoms with Crippen LogP contribution < -0.4 is 5.11 Å². The van der Waals surface area contributed by atoms with E-state index in [0.717, 1.165) is 51.4 Å². The Balaban J connectivity index is 4.58. The molecule has 8 nitrogen and oxygen atoms in total. The second kappa shape index (κ2) is 35.7. The van der Waals surface area contributed by atoms with Crippen LogP contribution in [0.5, 0.6) is 0 Å². The number of rotatable bonds is 32. The van der Waals surface area contributed by atoms with Crippen LogP contribution in [-0.2, 0) is 28.6 Å². The van der Waals surface area contributed by atoms with Crippen LogP contribution in [0.2, 0.25) is 0 Å². The summed E-state index contributed by atoms with van der Waals surface area (Å²) in [7, 11) is 5.34. The van der Waals surface area contributed by atoms with Crippen LogP contribution in [0.1, 0.15) is 97.3 Å². The maximum atomic E-state index is 12.6. The molecule has 2 atom stereocenters. The fourth-order valence-electron chi connectivity index (χ4n) is 4.78. The van der Waals surface area contributed by atoms with Gasteiger partial charge in [0.2, 0.25) is 0 Å². The zero-order valence-electron chi connectivity index (χ0n) is 33.8. The highest BCUT2D eigenvalue weighted by Crippen LogP contribution is 2.10. The topological polar surface area (TPSA) is 102 Å². The summed E-state index contributed by atoms with van der Waals surface area (Å²) in [6.45, 7) is 4.24. The molecule has 0 aromatic heterocycles. The van der Waals surface area contributed by atoms with Crippen LogP contribution in [0, 0.1) is 0 Å². The third kappa shape index (κ3) is 33.6. The molecule has 0 aromatic rings. The summed E-state index contributed by atoms with van der Waals surface area (Å²) in [5.74, 6) is -1.89. The van der Waals surface area contributed by atoms with E-state index in [1.807, 2.05) is 72.9 Å². The number of quaternary nitrogens is 1. The van der Waals surface area contributed by atoms with Gasteiger partial charge < -0.3 is 28.6 Å². The average Bonchev–Trinajstić information content (AvgIpc) is 3.12. The van der Waals surface area contributed by atoms with Gasteiger partial charge in [0.25, 0.3) is 0 Å². The zero-order chi connectivity index (χ0) is 40.0.